The Labute approximate surface area is 128 Å². The number of nitrogens with zero attached hydrogens (tertiary/aromatic N) is 3. The number of carbonyl (C=O) groups excluding carboxylic acids is 1. The van der Waals surface area contributed by atoms with E-state index in [0.29, 0.717) is 17.2 Å². The SMILES string of the molecule is CO/N=C(/C(=O)OC)c1c(C)cccc1Oc1ccn(C)n1. The van der Waals surface area contributed by atoms with E-state index in [9.17, 15) is 4.79 Å². The molecule has 0 amide bonds. The average Bonchev–Trinajstić information content (AvgIpc) is 2.90. The van der Waals surface area contributed by atoms with Crippen LogP contribution in [0.2, 0.25) is 0 Å². The van der Waals surface area contributed by atoms with Crippen LogP contribution >= 0.6 is 0 Å². The Morgan fingerprint density at radius 2 is 2.05 bits per heavy atom. The van der Waals surface area contributed by atoms with E-state index in [-0.39, 0.29) is 5.71 Å². The van der Waals surface area contributed by atoms with Gasteiger partial charge < -0.3 is 14.3 Å². The lowest BCUT2D eigenvalue weighted by Gasteiger charge is -2.12. The molecular formula is C15H17N3O4. The van der Waals surface area contributed by atoms with E-state index in [1.165, 1.54) is 14.2 Å². The first-order valence-corrected chi connectivity index (χ1v) is 6.53. The highest BCUT2D eigenvalue weighted by Gasteiger charge is 2.23. The number of hydrogen-bond donors (Lipinski definition) is 0. The first kappa shape index (κ1) is 15.6. The van der Waals surface area contributed by atoms with Crippen molar-refractivity contribution < 1.29 is 19.1 Å². The van der Waals surface area contributed by atoms with Crippen molar-refractivity contribution in [2.45, 2.75) is 6.92 Å². The number of carbonyl (C=O) groups is 1. The second kappa shape index (κ2) is 6.75. The smallest absolute Gasteiger partial charge is 0.360 e. The van der Waals surface area contributed by atoms with Crippen molar-refractivity contribution in [1.29, 1.82) is 0 Å². The number of ether oxygens (including phenoxy) is 2. The molecule has 0 spiro atoms. The molecule has 2 rings (SSSR count). The molecule has 0 saturated heterocycles. The van der Waals surface area contributed by atoms with E-state index in [4.69, 9.17) is 14.3 Å². The lowest BCUT2D eigenvalue weighted by atomic mass is 10.0. The summed E-state index contributed by atoms with van der Waals surface area (Å²) in [4.78, 5) is 16.7. The summed E-state index contributed by atoms with van der Waals surface area (Å²) in [6.07, 6.45) is 1.76. The van der Waals surface area contributed by atoms with Crippen LogP contribution < -0.4 is 4.74 Å². The first-order chi connectivity index (χ1) is 10.6. The van der Waals surface area contributed by atoms with Gasteiger partial charge in [-0.05, 0) is 18.6 Å². The van der Waals surface area contributed by atoms with Gasteiger partial charge in [-0.15, -0.1) is 5.10 Å². The van der Waals surface area contributed by atoms with Gasteiger partial charge in [0.25, 0.3) is 0 Å². The molecule has 7 heteroatoms. The highest BCUT2D eigenvalue weighted by Crippen LogP contribution is 2.27. The number of hydrogen-bond acceptors (Lipinski definition) is 6. The quantitative estimate of drug-likeness (QED) is 0.480. The zero-order valence-corrected chi connectivity index (χ0v) is 12.9. The van der Waals surface area contributed by atoms with Crippen LogP contribution in [0.1, 0.15) is 11.1 Å². The number of esters is 1. The maximum atomic E-state index is 12.0. The Balaban J connectivity index is 2.49. The summed E-state index contributed by atoms with van der Waals surface area (Å²) >= 11 is 0. The van der Waals surface area contributed by atoms with Crippen LogP contribution in [-0.2, 0) is 21.4 Å². The fraction of sp³-hybridized carbons (Fsp3) is 0.267. The zero-order valence-electron chi connectivity index (χ0n) is 12.9. The fourth-order valence-corrected chi connectivity index (χ4v) is 1.96. The molecule has 0 aliphatic carbocycles. The Kier molecular flexibility index (Phi) is 4.77. The maximum Gasteiger partial charge on any atom is 0.360 e. The third-order valence-corrected chi connectivity index (χ3v) is 2.94. The molecule has 0 saturated carbocycles. The van der Waals surface area contributed by atoms with Gasteiger partial charge >= 0.3 is 5.97 Å². The van der Waals surface area contributed by atoms with Gasteiger partial charge in [0.15, 0.2) is 5.71 Å². The second-order valence-electron chi connectivity index (χ2n) is 4.49. The molecule has 0 unspecified atom stereocenters. The minimum absolute atomic E-state index is 0.0361. The molecule has 0 fully saturated rings. The average molecular weight is 303 g/mol. The number of rotatable bonds is 5. The number of benzene rings is 1. The lowest BCUT2D eigenvalue weighted by molar-refractivity contribution is -0.132. The van der Waals surface area contributed by atoms with Gasteiger partial charge in [0.1, 0.15) is 12.9 Å². The van der Waals surface area contributed by atoms with Crippen LogP contribution in [-0.4, -0.2) is 35.7 Å². The molecule has 0 N–H and O–H groups in total. The fourth-order valence-electron chi connectivity index (χ4n) is 1.96. The van der Waals surface area contributed by atoms with Crippen molar-refractivity contribution in [3.63, 3.8) is 0 Å². The van der Waals surface area contributed by atoms with Crippen molar-refractivity contribution in [2.24, 2.45) is 12.2 Å². The molecule has 0 radical (unpaired) electrons. The van der Waals surface area contributed by atoms with Gasteiger partial charge in [0, 0.05) is 19.3 Å². The summed E-state index contributed by atoms with van der Waals surface area (Å²) in [6.45, 7) is 1.84. The Hall–Kier alpha value is -2.83. The first-order valence-electron chi connectivity index (χ1n) is 6.53. The van der Waals surface area contributed by atoms with Crippen LogP contribution in [0.15, 0.2) is 35.6 Å². The van der Waals surface area contributed by atoms with Crippen molar-refractivity contribution >= 4 is 11.7 Å². The molecular weight excluding hydrogens is 286 g/mol. The van der Waals surface area contributed by atoms with E-state index >= 15 is 0 Å². The van der Waals surface area contributed by atoms with E-state index < -0.39 is 5.97 Å². The van der Waals surface area contributed by atoms with Crippen LogP contribution in [0.3, 0.4) is 0 Å². The molecule has 1 aromatic carbocycles. The Morgan fingerprint density at radius 1 is 1.27 bits per heavy atom. The maximum absolute atomic E-state index is 12.0. The normalized spacial score (nSPS) is 11.2. The van der Waals surface area contributed by atoms with Gasteiger partial charge in [-0.3, -0.25) is 4.68 Å². The number of aromatic nitrogens is 2. The van der Waals surface area contributed by atoms with Crippen molar-refractivity contribution in [1.82, 2.24) is 9.78 Å². The molecule has 0 bridgehead atoms. The number of methoxy groups -OCH3 is 1. The highest BCUT2D eigenvalue weighted by molar-refractivity contribution is 6.44. The summed E-state index contributed by atoms with van der Waals surface area (Å²) in [5, 5.41) is 7.92. The molecule has 1 heterocycles. The van der Waals surface area contributed by atoms with E-state index in [1.54, 1.807) is 30.1 Å². The largest absolute Gasteiger partial charge is 0.464 e. The summed E-state index contributed by atoms with van der Waals surface area (Å²) in [6, 6.07) is 7.11. The lowest BCUT2D eigenvalue weighted by Crippen LogP contribution is -2.19. The van der Waals surface area contributed by atoms with Crippen LogP contribution in [0.5, 0.6) is 11.6 Å². The third kappa shape index (κ3) is 3.25. The van der Waals surface area contributed by atoms with Crippen molar-refractivity contribution in [3.8, 4) is 11.6 Å². The van der Waals surface area contributed by atoms with Gasteiger partial charge in [-0.2, -0.15) is 0 Å². The van der Waals surface area contributed by atoms with Gasteiger partial charge in [-0.1, -0.05) is 17.3 Å². The van der Waals surface area contributed by atoms with E-state index in [0.717, 1.165) is 5.56 Å². The van der Waals surface area contributed by atoms with E-state index in [1.807, 2.05) is 19.1 Å². The van der Waals surface area contributed by atoms with Crippen LogP contribution in [0.4, 0.5) is 0 Å². The van der Waals surface area contributed by atoms with Crippen LogP contribution in [0.25, 0.3) is 0 Å². The monoisotopic (exact) mass is 303 g/mol. The minimum atomic E-state index is -0.609. The predicted molar refractivity (Wildman–Crippen MR) is 80.0 cm³/mol. The standard InChI is InChI=1S/C15H17N3O4/c1-10-6-5-7-11(22-12-8-9-18(2)16-12)13(10)14(17-21-4)15(19)20-3/h5-9H,1-4H3/b17-14+. The molecule has 0 aliphatic rings. The van der Waals surface area contributed by atoms with Gasteiger partial charge in [0.05, 0.1) is 12.7 Å². The Morgan fingerprint density at radius 3 is 2.64 bits per heavy atom. The number of oxime groups is 1. The minimum Gasteiger partial charge on any atom is -0.464 e. The number of aryl methyl sites for hydroxylation is 2. The topological polar surface area (TPSA) is 74.9 Å². The summed E-state index contributed by atoms with van der Waals surface area (Å²) in [7, 11) is 4.43. The summed E-state index contributed by atoms with van der Waals surface area (Å²) < 4.78 is 12.1. The molecule has 1 aromatic heterocycles. The molecule has 2 aromatic rings. The highest BCUT2D eigenvalue weighted by atomic mass is 16.6. The van der Waals surface area contributed by atoms with Gasteiger partial charge in [0.2, 0.25) is 5.88 Å². The zero-order chi connectivity index (χ0) is 16.1. The Bertz CT molecular complexity index is 707. The molecule has 7 nitrogen and oxygen atoms in total. The van der Waals surface area contributed by atoms with E-state index in [2.05, 4.69) is 10.3 Å². The van der Waals surface area contributed by atoms with Gasteiger partial charge in [-0.25, -0.2) is 4.79 Å². The van der Waals surface area contributed by atoms with Crippen LogP contribution in [0, 0.1) is 6.92 Å². The molecule has 22 heavy (non-hydrogen) atoms. The molecule has 0 atom stereocenters. The summed E-state index contributed by atoms with van der Waals surface area (Å²) in [5.74, 6) is 0.248. The summed E-state index contributed by atoms with van der Waals surface area (Å²) in [5.41, 5.74) is 1.34. The third-order valence-electron chi connectivity index (χ3n) is 2.94. The molecule has 0 aliphatic heterocycles. The predicted octanol–water partition coefficient (Wildman–Crippen LogP) is 2.04. The molecule has 116 valence electrons. The van der Waals surface area contributed by atoms with Crippen molar-refractivity contribution in [3.05, 3.63) is 41.6 Å². The van der Waals surface area contributed by atoms with Crippen molar-refractivity contribution in [2.75, 3.05) is 14.2 Å². The second-order valence-corrected chi connectivity index (χ2v) is 4.49.